The first-order valence-corrected chi connectivity index (χ1v) is 30.0. The van der Waals surface area contributed by atoms with Crippen LogP contribution in [-0.2, 0) is 18.4 Å². The average Bonchev–Trinajstić information content (AvgIpc) is 3.26. The van der Waals surface area contributed by atoms with Crippen LogP contribution in [0.2, 0.25) is 0 Å². The van der Waals surface area contributed by atoms with E-state index in [0.29, 0.717) is 23.9 Å². The third-order valence-electron chi connectivity index (χ3n) is 13.3. The van der Waals surface area contributed by atoms with E-state index in [2.05, 4.69) is 31.3 Å². The first-order valence-electron chi connectivity index (χ1n) is 28.6. The molecule has 0 aromatic heterocycles. The van der Waals surface area contributed by atoms with E-state index in [0.717, 1.165) is 51.4 Å². The summed E-state index contributed by atoms with van der Waals surface area (Å²) in [5, 5.41) is 14.0. The highest BCUT2D eigenvalue weighted by Crippen LogP contribution is 2.43. The quantitative estimate of drug-likeness (QED) is 0.0243. The fourth-order valence-corrected chi connectivity index (χ4v) is 9.49. The smallest absolute Gasteiger partial charge is 0.391 e. The number of phosphoric ester groups is 1. The van der Waals surface area contributed by atoms with E-state index < -0.39 is 20.0 Å². The summed E-state index contributed by atoms with van der Waals surface area (Å²) >= 11 is 0. The van der Waals surface area contributed by atoms with Crippen LogP contribution in [0.25, 0.3) is 0 Å². The Bertz CT molecular complexity index is 1070. The maximum atomic E-state index is 12.9. The number of rotatable bonds is 53. The highest BCUT2D eigenvalue weighted by atomic mass is 31.2. The average molecular weight is 943 g/mol. The van der Waals surface area contributed by atoms with Crippen molar-refractivity contribution in [2.24, 2.45) is 0 Å². The molecule has 9 heteroatoms. The van der Waals surface area contributed by atoms with Crippen molar-refractivity contribution in [3.63, 3.8) is 0 Å². The molecule has 0 rings (SSSR count). The van der Waals surface area contributed by atoms with Crippen LogP contribution in [-0.4, -0.2) is 73.4 Å². The molecule has 8 nitrogen and oxygen atoms in total. The summed E-state index contributed by atoms with van der Waals surface area (Å²) in [7, 11) is 1.62. The second kappa shape index (κ2) is 48.3. The van der Waals surface area contributed by atoms with Gasteiger partial charge < -0.3 is 19.8 Å². The molecule has 3 unspecified atom stereocenters. The molecule has 0 saturated heterocycles. The summed E-state index contributed by atoms with van der Waals surface area (Å²) in [6.07, 6.45) is 58.6. The van der Waals surface area contributed by atoms with E-state index in [4.69, 9.17) is 9.05 Å². The predicted octanol–water partition coefficient (Wildman–Crippen LogP) is 17.0. The number of quaternary nitrogens is 1. The molecule has 0 fully saturated rings. The zero-order chi connectivity index (χ0) is 47.8. The fraction of sp³-hybridized carbons (Fsp3) is 0.946. The van der Waals surface area contributed by atoms with Crippen LogP contribution in [0, 0.1) is 0 Å². The Morgan fingerprint density at radius 2 is 0.831 bits per heavy atom. The van der Waals surface area contributed by atoms with E-state index in [1.165, 1.54) is 212 Å². The van der Waals surface area contributed by atoms with Crippen LogP contribution < -0.4 is 5.32 Å². The molecule has 0 aromatic rings. The molecule has 0 aromatic carbocycles. The molecule has 388 valence electrons. The third kappa shape index (κ3) is 50.9. The first kappa shape index (κ1) is 64.2. The number of amides is 1. The molecule has 1 amide bonds. The Balaban J connectivity index is 3.98. The second-order valence-electron chi connectivity index (χ2n) is 21.0. The van der Waals surface area contributed by atoms with Crippen LogP contribution >= 0.6 is 7.82 Å². The minimum atomic E-state index is -4.32. The number of carbonyl (C=O) groups is 1. The Labute approximate surface area is 405 Å². The number of hydrogen-bond acceptors (Lipinski definition) is 5. The molecule has 0 saturated carbocycles. The van der Waals surface area contributed by atoms with E-state index in [9.17, 15) is 19.4 Å². The first-order chi connectivity index (χ1) is 31.5. The largest absolute Gasteiger partial charge is 0.472 e. The molecule has 0 aliphatic rings. The topological polar surface area (TPSA) is 105 Å². The van der Waals surface area contributed by atoms with Gasteiger partial charge in [-0.3, -0.25) is 13.8 Å². The summed E-state index contributed by atoms with van der Waals surface area (Å²) < 4.78 is 23.7. The summed E-state index contributed by atoms with van der Waals surface area (Å²) in [4.78, 5) is 23.2. The standard InChI is InChI=1S/C56H113N2O6P/c1-6-8-10-12-14-16-18-20-21-22-23-24-25-26-27-28-29-30-31-32-33-34-35-36-37-38-39-41-43-45-47-49-55(59)54(53-64-65(61,62)63-52-51-58(3,4)5)57-56(60)50-48-46-44-42-40-19-17-15-13-11-9-7-2/h15,17,54-55,59H,6-14,16,18-53H2,1-5H3,(H-,57,60,61,62)/p+1/b17-15-. The van der Waals surface area contributed by atoms with Crippen LogP contribution in [0.15, 0.2) is 12.2 Å². The van der Waals surface area contributed by atoms with Gasteiger partial charge in [0.2, 0.25) is 5.91 Å². The van der Waals surface area contributed by atoms with E-state index in [1.807, 2.05) is 21.1 Å². The van der Waals surface area contributed by atoms with E-state index >= 15 is 0 Å². The van der Waals surface area contributed by atoms with Gasteiger partial charge in [-0.05, 0) is 38.5 Å². The molecule has 3 atom stereocenters. The lowest BCUT2D eigenvalue weighted by Gasteiger charge is -2.26. The summed E-state index contributed by atoms with van der Waals surface area (Å²) in [6.45, 7) is 4.89. The number of phosphoric acid groups is 1. The van der Waals surface area contributed by atoms with Gasteiger partial charge in [0.05, 0.1) is 39.9 Å². The van der Waals surface area contributed by atoms with Gasteiger partial charge >= 0.3 is 7.82 Å². The van der Waals surface area contributed by atoms with Crippen LogP contribution in [0.3, 0.4) is 0 Å². The number of aliphatic hydroxyl groups excluding tert-OH is 1. The maximum Gasteiger partial charge on any atom is 0.472 e. The van der Waals surface area contributed by atoms with Gasteiger partial charge in [0, 0.05) is 6.42 Å². The molecule has 0 bridgehead atoms. The van der Waals surface area contributed by atoms with Crippen LogP contribution in [0.5, 0.6) is 0 Å². The lowest BCUT2D eigenvalue weighted by molar-refractivity contribution is -0.870. The van der Waals surface area contributed by atoms with Crippen molar-refractivity contribution < 1.29 is 32.9 Å². The summed E-state index contributed by atoms with van der Waals surface area (Å²) in [5.41, 5.74) is 0. The number of nitrogens with zero attached hydrogens (tertiary/aromatic N) is 1. The maximum absolute atomic E-state index is 12.9. The van der Waals surface area contributed by atoms with Gasteiger partial charge in [-0.15, -0.1) is 0 Å². The van der Waals surface area contributed by atoms with Gasteiger partial charge in [-0.25, -0.2) is 4.57 Å². The Morgan fingerprint density at radius 1 is 0.508 bits per heavy atom. The Hall–Kier alpha value is -0.760. The molecule has 0 spiro atoms. The lowest BCUT2D eigenvalue weighted by atomic mass is 10.0. The van der Waals surface area contributed by atoms with Gasteiger partial charge in [-0.2, -0.15) is 0 Å². The Kier molecular flexibility index (Phi) is 47.7. The molecule has 0 aliphatic carbocycles. The molecule has 0 radical (unpaired) electrons. The molecule has 65 heavy (non-hydrogen) atoms. The highest BCUT2D eigenvalue weighted by Gasteiger charge is 2.28. The molecular weight excluding hydrogens is 828 g/mol. The number of allylic oxidation sites excluding steroid dienone is 2. The third-order valence-corrected chi connectivity index (χ3v) is 14.2. The van der Waals surface area contributed by atoms with Gasteiger partial charge in [-0.1, -0.05) is 257 Å². The van der Waals surface area contributed by atoms with Gasteiger partial charge in [0.1, 0.15) is 13.2 Å². The lowest BCUT2D eigenvalue weighted by Crippen LogP contribution is -2.46. The fourth-order valence-electron chi connectivity index (χ4n) is 8.75. The summed E-state index contributed by atoms with van der Waals surface area (Å²) in [5.74, 6) is -0.151. The van der Waals surface area contributed by atoms with Crippen molar-refractivity contribution in [1.29, 1.82) is 0 Å². The van der Waals surface area contributed by atoms with Gasteiger partial charge in [0.15, 0.2) is 0 Å². The van der Waals surface area contributed by atoms with Crippen molar-refractivity contribution in [2.45, 2.75) is 302 Å². The zero-order valence-corrected chi connectivity index (χ0v) is 45.2. The minimum Gasteiger partial charge on any atom is -0.391 e. The number of aliphatic hydroxyl groups is 1. The van der Waals surface area contributed by atoms with Crippen molar-refractivity contribution in [3.05, 3.63) is 12.2 Å². The molecule has 0 aliphatic heterocycles. The highest BCUT2D eigenvalue weighted by molar-refractivity contribution is 7.47. The van der Waals surface area contributed by atoms with Crippen LogP contribution in [0.4, 0.5) is 0 Å². The number of hydrogen-bond donors (Lipinski definition) is 3. The van der Waals surface area contributed by atoms with E-state index in [-0.39, 0.29) is 19.1 Å². The number of carbonyl (C=O) groups excluding carboxylic acids is 1. The van der Waals surface area contributed by atoms with Crippen molar-refractivity contribution in [2.75, 3.05) is 40.9 Å². The SMILES string of the molecule is CCCCC/C=C\CCCCCCCC(=O)NC(COP(=O)(O)OCC[N+](C)(C)C)C(O)CCCCCCCCCCCCCCCCCCCCCCCCCCCCCCCCC. The second-order valence-corrected chi connectivity index (χ2v) is 22.5. The van der Waals surface area contributed by atoms with Gasteiger partial charge in [0.25, 0.3) is 0 Å². The predicted molar refractivity (Wildman–Crippen MR) is 282 cm³/mol. The molecule has 3 N–H and O–H groups in total. The molecule has 0 heterocycles. The van der Waals surface area contributed by atoms with E-state index in [1.54, 1.807) is 0 Å². The van der Waals surface area contributed by atoms with Crippen LogP contribution in [0.1, 0.15) is 290 Å². The van der Waals surface area contributed by atoms with Crippen molar-refractivity contribution >= 4 is 13.7 Å². The Morgan fingerprint density at radius 3 is 1.22 bits per heavy atom. The number of nitrogens with one attached hydrogen (secondary N) is 1. The minimum absolute atomic E-state index is 0.0752. The normalized spacial score (nSPS) is 14.0. The van der Waals surface area contributed by atoms with Crippen molar-refractivity contribution in [3.8, 4) is 0 Å². The number of unbranched alkanes of at least 4 members (excludes halogenated alkanes) is 38. The molecular formula is C56H114N2O6P+. The zero-order valence-electron chi connectivity index (χ0n) is 44.3. The number of likely N-dealkylation sites (N-methyl/N-ethyl adjacent to an activating group) is 1. The monoisotopic (exact) mass is 942 g/mol. The van der Waals surface area contributed by atoms with Crippen molar-refractivity contribution in [1.82, 2.24) is 5.32 Å². The summed E-state index contributed by atoms with van der Waals surface area (Å²) in [6, 6.07) is -0.761.